The molecule has 33 heavy (non-hydrogen) atoms. The van der Waals surface area contributed by atoms with Gasteiger partial charge in [-0.15, -0.1) is 0 Å². The zero-order valence-electron chi connectivity index (χ0n) is 17.9. The molecular weight excluding hydrogens is 436 g/mol. The van der Waals surface area contributed by atoms with Gasteiger partial charge in [0.2, 0.25) is 5.43 Å². The van der Waals surface area contributed by atoms with E-state index in [4.69, 9.17) is 4.74 Å². The highest BCUT2D eigenvalue weighted by molar-refractivity contribution is 5.99. The van der Waals surface area contributed by atoms with Gasteiger partial charge in [-0.1, -0.05) is 18.9 Å². The lowest BCUT2D eigenvalue weighted by Crippen LogP contribution is -2.50. The van der Waals surface area contributed by atoms with Crippen LogP contribution in [-0.2, 0) is 17.8 Å². The fourth-order valence-corrected chi connectivity index (χ4v) is 5.28. The summed E-state index contributed by atoms with van der Waals surface area (Å²) in [4.78, 5) is 40.2. The van der Waals surface area contributed by atoms with E-state index in [1.165, 1.54) is 16.8 Å². The Labute approximate surface area is 187 Å². The van der Waals surface area contributed by atoms with Crippen molar-refractivity contribution in [3.63, 3.8) is 0 Å². The van der Waals surface area contributed by atoms with Gasteiger partial charge in [0, 0.05) is 24.4 Å². The van der Waals surface area contributed by atoms with Crippen LogP contribution in [0.2, 0.25) is 0 Å². The molecular formula is C23H23F2N3O5. The van der Waals surface area contributed by atoms with Crippen LogP contribution in [-0.4, -0.2) is 44.3 Å². The first kappa shape index (κ1) is 21.6. The second-order valence-electron chi connectivity index (χ2n) is 8.87. The van der Waals surface area contributed by atoms with Gasteiger partial charge in [-0.25, -0.2) is 8.78 Å². The number of hydrogen-bond acceptors (Lipinski definition) is 5. The minimum Gasteiger partial charge on any atom is -0.503 e. The van der Waals surface area contributed by atoms with Gasteiger partial charge in [-0.2, -0.15) is 0 Å². The van der Waals surface area contributed by atoms with E-state index in [1.54, 1.807) is 4.90 Å². The topological polar surface area (TPSA) is 101 Å². The summed E-state index contributed by atoms with van der Waals surface area (Å²) >= 11 is 0. The molecule has 0 bridgehead atoms. The van der Waals surface area contributed by atoms with E-state index < -0.39 is 46.5 Å². The van der Waals surface area contributed by atoms with Crippen molar-refractivity contribution in [1.82, 2.24) is 14.8 Å². The fourth-order valence-electron chi connectivity index (χ4n) is 5.28. The number of nitrogens with zero attached hydrogens (tertiary/aromatic N) is 2. The largest absolute Gasteiger partial charge is 0.503 e. The number of carbonyl (C=O) groups is 2. The molecule has 1 saturated heterocycles. The summed E-state index contributed by atoms with van der Waals surface area (Å²) in [6.45, 7) is 1.80. The zero-order chi connectivity index (χ0) is 23.5. The highest BCUT2D eigenvalue weighted by atomic mass is 19.1. The normalized spacial score (nSPS) is 23.0. The summed E-state index contributed by atoms with van der Waals surface area (Å²) < 4.78 is 34.6. The molecule has 2 atom stereocenters. The molecule has 3 heterocycles. The molecule has 1 saturated carbocycles. The van der Waals surface area contributed by atoms with Crippen molar-refractivity contribution >= 4 is 11.8 Å². The van der Waals surface area contributed by atoms with Gasteiger partial charge >= 0.3 is 0 Å². The molecule has 174 valence electrons. The Morgan fingerprint density at radius 3 is 2.70 bits per heavy atom. The number of nitrogens with one attached hydrogen (secondary N) is 1. The lowest BCUT2D eigenvalue weighted by atomic mass is 9.93. The van der Waals surface area contributed by atoms with Crippen LogP contribution in [0.5, 0.6) is 5.75 Å². The van der Waals surface area contributed by atoms with E-state index in [0.717, 1.165) is 31.7 Å². The number of fused-ring (bicyclic) bond motifs is 2. The number of ether oxygens (including phenoxy) is 1. The number of hydrogen-bond donors (Lipinski definition) is 2. The molecule has 5 rings (SSSR count). The Morgan fingerprint density at radius 1 is 1.27 bits per heavy atom. The Kier molecular flexibility index (Phi) is 5.00. The number of pyridine rings is 1. The van der Waals surface area contributed by atoms with Crippen molar-refractivity contribution in [2.75, 3.05) is 0 Å². The van der Waals surface area contributed by atoms with Crippen LogP contribution in [0.25, 0.3) is 0 Å². The monoisotopic (exact) mass is 459 g/mol. The van der Waals surface area contributed by atoms with Crippen molar-refractivity contribution in [3.05, 3.63) is 63.1 Å². The van der Waals surface area contributed by atoms with E-state index in [2.05, 4.69) is 5.32 Å². The van der Waals surface area contributed by atoms with E-state index in [-0.39, 0.29) is 36.0 Å². The molecule has 2 N–H and O–H groups in total. The van der Waals surface area contributed by atoms with Crippen molar-refractivity contribution in [2.24, 2.45) is 0 Å². The fraction of sp³-hybridized carbons (Fsp3) is 0.435. The summed E-state index contributed by atoms with van der Waals surface area (Å²) in [6, 6.07) is 2.74. The summed E-state index contributed by atoms with van der Waals surface area (Å²) in [5, 5.41) is 13.0. The van der Waals surface area contributed by atoms with Crippen LogP contribution in [0.15, 0.2) is 29.2 Å². The first-order chi connectivity index (χ1) is 15.7. The van der Waals surface area contributed by atoms with Crippen molar-refractivity contribution in [3.8, 4) is 5.75 Å². The highest BCUT2D eigenvalue weighted by Crippen LogP contribution is 2.46. The second-order valence-corrected chi connectivity index (χ2v) is 8.87. The molecule has 3 aliphatic rings. The molecule has 1 spiro atoms. The number of aromatic nitrogens is 1. The first-order valence-electron chi connectivity index (χ1n) is 10.9. The van der Waals surface area contributed by atoms with E-state index >= 15 is 0 Å². The predicted molar refractivity (Wildman–Crippen MR) is 112 cm³/mol. The molecule has 1 aromatic heterocycles. The van der Waals surface area contributed by atoms with Gasteiger partial charge in [0.1, 0.15) is 17.2 Å². The maximum absolute atomic E-state index is 13.8. The summed E-state index contributed by atoms with van der Waals surface area (Å²) in [6.07, 6.45) is 4.34. The molecule has 1 aromatic carbocycles. The zero-order valence-corrected chi connectivity index (χ0v) is 17.9. The number of carbonyl (C=O) groups excluding carboxylic acids is 2. The first-order valence-corrected chi connectivity index (χ1v) is 10.9. The average molecular weight is 459 g/mol. The quantitative estimate of drug-likeness (QED) is 0.734. The minimum absolute atomic E-state index is 0.0352. The SMILES string of the molecule is C[C@H]1N2C(=O)c3c(O)c(=O)c(C(=O)NCc4ccc(F)cc4F)cn3C[C@@H]2OC12CCCC2. The molecule has 10 heteroatoms. The third-order valence-electron chi connectivity index (χ3n) is 7.05. The highest BCUT2D eigenvalue weighted by Gasteiger charge is 2.56. The van der Waals surface area contributed by atoms with Gasteiger partial charge in [0.05, 0.1) is 18.2 Å². The van der Waals surface area contributed by atoms with Crippen molar-refractivity contribution in [1.29, 1.82) is 0 Å². The van der Waals surface area contributed by atoms with Crippen LogP contribution in [0.4, 0.5) is 8.78 Å². The second kappa shape index (κ2) is 7.65. The molecule has 2 fully saturated rings. The van der Waals surface area contributed by atoms with Crippen LogP contribution < -0.4 is 10.7 Å². The molecule has 2 aromatic rings. The maximum Gasteiger partial charge on any atom is 0.276 e. The summed E-state index contributed by atoms with van der Waals surface area (Å²) in [5.74, 6) is -3.76. The van der Waals surface area contributed by atoms with E-state index in [0.29, 0.717) is 6.07 Å². The number of rotatable bonds is 3. The van der Waals surface area contributed by atoms with Gasteiger partial charge in [-0.05, 0) is 25.8 Å². The van der Waals surface area contributed by atoms with Crippen LogP contribution in [0.3, 0.4) is 0 Å². The number of halogens is 2. The van der Waals surface area contributed by atoms with Crippen LogP contribution in [0.1, 0.15) is 59.0 Å². The Bertz CT molecular complexity index is 1220. The van der Waals surface area contributed by atoms with E-state index in [1.807, 2.05) is 6.92 Å². The Balaban J connectivity index is 1.43. The molecule has 1 aliphatic carbocycles. The third-order valence-corrected chi connectivity index (χ3v) is 7.05. The lowest BCUT2D eigenvalue weighted by molar-refractivity contribution is -0.0627. The molecule has 2 aliphatic heterocycles. The number of benzene rings is 1. The van der Waals surface area contributed by atoms with Crippen molar-refractivity contribution < 1.29 is 28.2 Å². The lowest BCUT2D eigenvalue weighted by Gasteiger charge is -2.34. The summed E-state index contributed by atoms with van der Waals surface area (Å²) in [5.41, 5.74) is -1.95. The van der Waals surface area contributed by atoms with Gasteiger partial charge < -0.3 is 24.6 Å². The Hall–Kier alpha value is -3.27. The van der Waals surface area contributed by atoms with Crippen molar-refractivity contribution in [2.45, 2.75) is 63.6 Å². The summed E-state index contributed by atoms with van der Waals surface area (Å²) in [7, 11) is 0. The van der Waals surface area contributed by atoms with Crippen LogP contribution >= 0.6 is 0 Å². The average Bonchev–Trinajstić information content (AvgIpc) is 3.35. The van der Waals surface area contributed by atoms with E-state index in [9.17, 15) is 28.3 Å². The molecule has 2 amide bonds. The predicted octanol–water partition coefficient (Wildman–Crippen LogP) is 2.28. The molecule has 8 nitrogen and oxygen atoms in total. The number of aromatic hydroxyl groups is 1. The Morgan fingerprint density at radius 2 is 2.00 bits per heavy atom. The van der Waals surface area contributed by atoms with Gasteiger partial charge in [-0.3, -0.25) is 14.4 Å². The smallest absolute Gasteiger partial charge is 0.276 e. The molecule has 0 unspecified atom stereocenters. The van der Waals surface area contributed by atoms with Gasteiger partial charge in [0.15, 0.2) is 17.7 Å². The maximum atomic E-state index is 13.8. The molecule has 0 radical (unpaired) electrons. The standard InChI is InChI=1S/C23H23F2N3O5/c1-12-23(6-2-3-7-23)33-17-11-27-10-15(19(29)20(30)18(27)22(32)28(12)17)21(31)26-9-13-4-5-14(24)8-16(13)25/h4-5,8,10,12,17,30H,2-3,6-7,9,11H2,1H3,(H,26,31)/t12-,17+/m1/s1. The third kappa shape index (κ3) is 3.31. The van der Waals surface area contributed by atoms with Crippen LogP contribution in [0, 0.1) is 11.6 Å². The number of amides is 2. The minimum atomic E-state index is -0.992. The van der Waals surface area contributed by atoms with Gasteiger partial charge in [0.25, 0.3) is 11.8 Å².